The van der Waals surface area contributed by atoms with E-state index >= 15 is 0 Å². The lowest BCUT2D eigenvalue weighted by Gasteiger charge is -2.38. The summed E-state index contributed by atoms with van der Waals surface area (Å²) >= 11 is 0. The number of aromatic nitrogens is 1. The van der Waals surface area contributed by atoms with Gasteiger partial charge in [-0.25, -0.2) is 4.79 Å². The lowest BCUT2D eigenvalue weighted by molar-refractivity contribution is -0.143. The Kier molecular flexibility index (Phi) is 6.92. The first-order valence-electron chi connectivity index (χ1n) is 13.4. The molecule has 0 saturated heterocycles. The minimum Gasteiger partial charge on any atom is -0.480 e. The molecule has 9 heteroatoms. The molecule has 0 fully saturated rings. The van der Waals surface area contributed by atoms with Gasteiger partial charge in [0.1, 0.15) is 18.1 Å². The molecule has 39 heavy (non-hydrogen) atoms. The Morgan fingerprint density at radius 3 is 2.41 bits per heavy atom. The van der Waals surface area contributed by atoms with Gasteiger partial charge in [0.05, 0.1) is 6.04 Å². The number of carboxylic acid groups (broad SMARTS) is 1. The quantitative estimate of drug-likeness (QED) is 0.355. The van der Waals surface area contributed by atoms with Crippen molar-refractivity contribution in [3.63, 3.8) is 0 Å². The van der Waals surface area contributed by atoms with Crippen LogP contribution in [-0.2, 0) is 20.8 Å². The van der Waals surface area contributed by atoms with E-state index < -0.39 is 42.0 Å². The van der Waals surface area contributed by atoms with Crippen molar-refractivity contribution in [2.45, 2.75) is 64.7 Å². The Bertz CT molecular complexity index is 1460. The third-order valence-electron chi connectivity index (χ3n) is 7.72. The number of nitrogens with one attached hydrogen (secondary N) is 3. The zero-order valence-electron chi connectivity index (χ0n) is 22.5. The summed E-state index contributed by atoms with van der Waals surface area (Å²) in [6.45, 7) is 7.35. The van der Waals surface area contributed by atoms with E-state index in [1.165, 1.54) is 0 Å². The van der Waals surface area contributed by atoms with E-state index in [1.54, 1.807) is 24.8 Å². The minimum absolute atomic E-state index is 0.0610. The lowest BCUT2D eigenvalue weighted by Crippen LogP contribution is -2.59. The Morgan fingerprint density at radius 1 is 1.03 bits per heavy atom. The molecular weight excluding hydrogens is 496 g/mol. The molecule has 3 heterocycles. The molecule has 2 aromatic carbocycles. The van der Waals surface area contributed by atoms with E-state index in [1.807, 2.05) is 56.3 Å². The number of para-hydroxylation sites is 1. The van der Waals surface area contributed by atoms with Gasteiger partial charge >= 0.3 is 5.97 Å². The monoisotopic (exact) mass is 530 g/mol. The topological polar surface area (TPSA) is 132 Å². The fourth-order valence-corrected chi connectivity index (χ4v) is 5.88. The smallest absolute Gasteiger partial charge is 0.326 e. The fourth-order valence-electron chi connectivity index (χ4n) is 5.88. The predicted octanol–water partition coefficient (Wildman–Crippen LogP) is 3.39. The molecular formula is C30H34N4O5. The van der Waals surface area contributed by atoms with E-state index in [9.17, 15) is 24.3 Å². The number of nitrogens with zero attached hydrogens (tertiary/aromatic N) is 1. The van der Waals surface area contributed by atoms with Crippen molar-refractivity contribution in [1.82, 2.24) is 20.5 Å². The van der Waals surface area contributed by atoms with E-state index in [0.29, 0.717) is 12.0 Å². The second-order valence-electron chi connectivity index (χ2n) is 11.2. The lowest BCUT2D eigenvalue weighted by atomic mass is 9.89. The third kappa shape index (κ3) is 4.66. The molecule has 5 rings (SSSR count). The summed E-state index contributed by atoms with van der Waals surface area (Å²) in [6, 6.07) is 11.9. The fraction of sp³-hybridized carbons (Fsp3) is 0.400. The van der Waals surface area contributed by atoms with Crippen LogP contribution in [-0.4, -0.2) is 56.8 Å². The van der Waals surface area contributed by atoms with Gasteiger partial charge in [0.2, 0.25) is 11.8 Å². The van der Waals surface area contributed by atoms with E-state index in [0.717, 1.165) is 27.7 Å². The summed E-state index contributed by atoms with van der Waals surface area (Å²) in [5, 5.41) is 16.1. The summed E-state index contributed by atoms with van der Waals surface area (Å²) in [4.78, 5) is 57.6. The number of hydrogen-bond acceptors (Lipinski definition) is 4. The van der Waals surface area contributed by atoms with Gasteiger partial charge in [0, 0.05) is 28.6 Å². The van der Waals surface area contributed by atoms with Gasteiger partial charge in [-0.05, 0) is 41.5 Å². The number of amides is 3. The highest BCUT2D eigenvalue weighted by molar-refractivity contribution is 6.04. The van der Waals surface area contributed by atoms with Crippen LogP contribution >= 0.6 is 0 Å². The van der Waals surface area contributed by atoms with Gasteiger partial charge < -0.3 is 25.6 Å². The largest absolute Gasteiger partial charge is 0.480 e. The molecule has 0 radical (unpaired) electrons. The van der Waals surface area contributed by atoms with Crippen LogP contribution in [0.25, 0.3) is 10.9 Å². The van der Waals surface area contributed by atoms with Gasteiger partial charge in [0.15, 0.2) is 0 Å². The van der Waals surface area contributed by atoms with Crippen LogP contribution in [0.4, 0.5) is 0 Å². The Morgan fingerprint density at radius 2 is 1.72 bits per heavy atom. The molecule has 9 nitrogen and oxygen atoms in total. The maximum absolute atomic E-state index is 13.9. The first kappa shape index (κ1) is 26.5. The van der Waals surface area contributed by atoms with Crippen LogP contribution in [0.15, 0.2) is 48.5 Å². The Hall–Kier alpha value is -4.14. The van der Waals surface area contributed by atoms with Crippen LogP contribution in [0.1, 0.15) is 67.3 Å². The number of hydrogen-bond donors (Lipinski definition) is 4. The predicted molar refractivity (Wildman–Crippen MR) is 146 cm³/mol. The molecule has 2 aliphatic heterocycles. The molecule has 0 unspecified atom stereocenters. The molecule has 204 valence electrons. The van der Waals surface area contributed by atoms with Gasteiger partial charge in [-0.1, -0.05) is 64.1 Å². The van der Waals surface area contributed by atoms with E-state index in [-0.39, 0.29) is 24.2 Å². The average molecular weight is 531 g/mol. The molecule has 3 aromatic rings. The highest BCUT2D eigenvalue weighted by Crippen LogP contribution is 2.46. The number of aliphatic carboxylic acids is 1. The highest BCUT2D eigenvalue weighted by atomic mass is 16.4. The van der Waals surface area contributed by atoms with Crippen LogP contribution in [0.3, 0.4) is 0 Å². The Labute approximate surface area is 227 Å². The maximum atomic E-state index is 13.9. The maximum Gasteiger partial charge on any atom is 0.326 e. The summed E-state index contributed by atoms with van der Waals surface area (Å²) in [5.74, 6) is -2.59. The second kappa shape index (κ2) is 10.2. The molecule has 0 saturated carbocycles. The molecule has 3 amide bonds. The van der Waals surface area contributed by atoms with Gasteiger partial charge in [-0.3, -0.25) is 14.4 Å². The van der Waals surface area contributed by atoms with Crippen molar-refractivity contribution in [2.75, 3.05) is 0 Å². The number of H-pyrrole nitrogens is 1. The SMILES string of the molecule is CC(C)C[C@@H](NC(=O)[C@@H](NC(=O)[C@@H]1Cc2c([nH]c3ccccc23)[C@H]2c3ccccc3C(=O)N21)C(C)C)C(=O)O. The normalized spacial score (nSPS) is 19.4. The Balaban J connectivity index is 1.48. The second-order valence-corrected chi connectivity index (χ2v) is 11.2. The van der Waals surface area contributed by atoms with Crippen LogP contribution < -0.4 is 10.6 Å². The number of rotatable bonds is 8. The first-order chi connectivity index (χ1) is 18.6. The van der Waals surface area contributed by atoms with Crippen molar-refractivity contribution < 1.29 is 24.3 Å². The number of benzene rings is 2. The first-order valence-corrected chi connectivity index (χ1v) is 13.4. The number of carboxylic acids is 1. The summed E-state index contributed by atoms with van der Waals surface area (Å²) in [5.41, 5.74) is 4.20. The highest BCUT2D eigenvalue weighted by Gasteiger charge is 2.49. The van der Waals surface area contributed by atoms with E-state index in [4.69, 9.17) is 0 Å². The van der Waals surface area contributed by atoms with Gasteiger partial charge in [0.25, 0.3) is 5.91 Å². The van der Waals surface area contributed by atoms with Crippen LogP contribution in [0.5, 0.6) is 0 Å². The molecule has 1 aromatic heterocycles. The van der Waals surface area contributed by atoms with Crippen molar-refractivity contribution >= 4 is 34.6 Å². The number of aromatic amines is 1. The van der Waals surface area contributed by atoms with Gasteiger partial charge in [-0.15, -0.1) is 0 Å². The number of carbonyl (C=O) groups is 4. The molecule has 0 spiro atoms. The van der Waals surface area contributed by atoms with Crippen LogP contribution in [0.2, 0.25) is 0 Å². The van der Waals surface area contributed by atoms with Crippen LogP contribution in [0, 0.1) is 11.8 Å². The van der Waals surface area contributed by atoms with Crippen molar-refractivity contribution in [3.8, 4) is 0 Å². The number of carbonyl (C=O) groups excluding carboxylic acids is 3. The van der Waals surface area contributed by atoms with Gasteiger partial charge in [-0.2, -0.15) is 0 Å². The van der Waals surface area contributed by atoms with E-state index in [2.05, 4.69) is 15.6 Å². The average Bonchev–Trinajstić information content (AvgIpc) is 3.41. The minimum atomic E-state index is -1.12. The molecule has 0 aliphatic carbocycles. The molecule has 4 N–H and O–H groups in total. The molecule has 0 bridgehead atoms. The zero-order chi connectivity index (χ0) is 28.0. The molecule has 2 aliphatic rings. The summed E-state index contributed by atoms with van der Waals surface area (Å²) in [7, 11) is 0. The standard InChI is InChI=1S/C30H34N4O5/c1-15(2)13-22(30(38)39)32-28(36)24(16(3)4)33-27(35)23-14-20-17-9-7-8-12-21(17)31-25(20)26-18-10-5-6-11-19(18)29(37)34(23)26/h5-12,15-16,22-24,26,31H,13-14H2,1-4H3,(H,32,36)(H,33,35)(H,38,39)/t22-,23+,24+,26-/m1/s1. The van der Waals surface area contributed by atoms with Crippen molar-refractivity contribution in [3.05, 3.63) is 70.9 Å². The zero-order valence-corrected chi connectivity index (χ0v) is 22.5. The third-order valence-corrected chi connectivity index (χ3v) is 7.72. The summed E-state index contributed by atoms with van der Waals surface area (Å²) in [6.07, 6.45) is 0.562. The number of fused-ring (bicyclic) bond motifs is 7. The van der Waals surface area contributed by atoms with Crippen molar-refractivity contribution in [2.24, 2.45) is 11.8 Å². The molecule has 4 atom stereocenters. The summed E-state index contributed by atoms with van der Waals surface area (Å²) < 4.78 is 0. The van der Waals surface area contributed by atoms with Crippen molar-refractivity contribution in [1.29, 1.82) is 0 Å².